The normalized spacial score (nSPS) is 18.6. The van der Waals surface area contributed by atoms with Gasteiger partial charge in [-0.15, -0.1) is 0 Å². The number of quaternary nitrogens is 1. The van der Waals surface area contributed by atoms with Crippen LogP contribution >= 0.6 is 58.6 Å². The number of amides is 6. The largest absolute Gasteiger partial charge is 0.444 e. The molecular formula is C83H102ClF7N23O18S6+. The number of sulfone groups is 2. The lowest BCUT2D eigenvalue weighted by atomic mass is 10.2. The molecule has 6 amide bonds. The summed E-state index contributed by atoms with van der Waals surface area (Å²) in [6.07, 6.45) is 5.71. The molecule has 0 bridgehead atoms. The average molecular weight is 2070 g/mol. The van der Waals surface area contributed by atoms with Crippen molar-refractivity contribution in [2.75, 3.05) is 242 Å². The lowest BCUT2D eigenvalue weighted by Gasteiger charge is -2.28. The standard InChI is InChI=1S/C17H18FN3O2S.C15H19FN4O5S.C15H19FN4O3S.C13H17FN4O4S.C9H10FN3O2S.C9H12FN3S.C5H4ClFN2O.H2O/c18-15-10-14(11-19-16(15)21-6-8-24-9-7-21)20-17(22)23-12-13-4-2-1-3-5-13;1-10(21)17-8-12-9-20(15(22)25-12)11-6-13(16)14(18-7-11)19-2-4-26(23,24)5-3-19;1-10(21)17-8-12-9-20(15(22)23-12)11-6-13(16)14(18-7-11)19-2-4-24-5-3-19;14-11-5-9(18-8-10(6-15)22-13(18)19)7-16-12(11)17-1-3-23(20,21)4-2-17;10-8-5-7(13(14)15)6-11-9(8)12-1-3-16-4-2-12;10-8-5-7(11)6-12-9(8)13-1-3-14-4-2-13;6-5-4(7)1-3(9-10)2-8-5;/h1-5,10-11H,6-9,12H2,(H,20,22);6-7,12H,2-5,8-9H2,1H3,(H,17,21);6-7,12H,2-5,8-9H2,1H3,(H,17,21);5,7,10H,1-4,6,8,15H2;5-6H,1-4H2;5-6H,1-4,11H2;1-2,9-10H;1H2/p+1/t;2*12-;10-;;;;/m.000..../s1. The number of benzene rings is 1. The molecule has 16 heterocycles. The van der Waals surface area contributed by atoms with Crippen molar-refractivity contribution in [3.05, 3.63) is 178 Å². The van der Waals surface area contributed by atoms with Crippen molar-refractivity contribution in [1.82, 2.24) is 45.5 Å². The highest BCUT2D eigenvalue weighted by Crippen LogP contribution is 2.33. The molecule has 0 aliphatic carbocycles. The SMILES string of the molecule is CC(=O)NC[C@H]1CN(c2cnc(N3CCS(=O)(=O)CC3)c(F)c2)C(=O)O1.CC(=O)NC[C@H]1CN(c2cnc(N3CCSCC3)c(F)c2)C(=O)O1.NC[C@H]1CN(c2cnc(N3CCS(=O)(=O)CC3)c(F)c2)C(=O)O1.Nc1cnc(N2CCSCC2)c(F)c1.O.O=C(Nc1cnc(N2CCSCC2)c(F)c1)OCc1ccccc1.O=[N+]([O-])c1cnc(N2CCSCC2)c(F)c1.O[NH2+]c1cnc(Cl)c(F)c1. The molecule has 0 unspecified atom stereocenters. The van der Waals surface area contributed by atoms with Gasteiger partial charge in [-0.25, -0.2) is 107 Å². The van der Waals surface area contributed by atoms with E-state index >= 15 is 0 Å². The van der Waals surface area contributed by atoms with E-state index in [0.717, 1.165) is 128 Å². The Morgan fingerprint density at radius 3 is 1.19 bits per heavy atom. The number of thioether (sulfide) groups is 4. The van der Waals surface area contributed by atoms with E-state index in [0.29, 0.717) is 34.5 Å². The van der Waals surface area contributed by atoms with Crippen molar-refractivity contribution in [1.29, 1.82) is 0 Å². The van der Waals surface area contributed by atoms with Crippen molar-refractivity contribution >= 4 is 189 Å². The van der Waals surface area contributed by atoms with Crippen LogP contribution in [0.4, 0.5) is 125 Å². The molecular weight excluding hydrogens is 1970 g/mol. The number of carbonyl (C=O) groups is 6. The number of nitro groups is 1. The van der Waals surface area contributed by atoms with Crippen LogP contribution in [0.1, 0.15) is 19.4 Å². The van der Waals surface area contributed by atoms with Crippen LogP contribution < -0.4 is 77.0 Å². The number of cyclic esters (lactones) is 3. The molecule has 8 aromatic rings. The number of nitrogens with two attached hydrogens (primary N) is 3. The zero-order valence-electron chi connectivity index (χ0n) is 74.4. The highest BCUT2D eigenvalue weighted by Gasteiger charge is 2.38. The minimum Gasteiger partial charge on any atom is -0.444 e. The van der Waals surface area contributed by atoms with Crippen LogP contribution in [0, 0.1) is 50.8 Å². The average Bonchev–Trinajstić information content (AvgIpc) is 1.55. The second kappa shape index (κ2) is 52.3. The van der Waals surface area contributed by atoms with Crippen LogP contribution in [-0.2, 0) is 54.8 Å². The number of nitrogen functional groups attached to an aromatic ring is 1. The van der Waals surface area contributed by atoms with Crippen LogP contribution in [0.5, 0.6) is 0 Å². The van der Waals surface area contributed by atoms with Crippen LogP contribution in [0.15, 0.2) is 116 Å². The van der Waals surface area contributed by atoms with E-state index in [2.05, 4.69) is 50.8 Å². The fourth-order valence-electron chi connectivity index (χ4n) is 13.9. The van der Waals surface area contributed by atoms with Gasteiger partial charge in [0.15, 0.2) is 106 Å². The quantitative estimate of drug-likeness (QED) is 0.0140. The van der Waals surface area contributed by atoms with E-state index in [-0.39, 0.29) is 164 Å². The van der Waals surface area contributed by atoms with Crippen molar-refractivity contribution in [3.63, 3.8) is 0 Å². The maximum Gasteiger partial charge on any atom is 0.414 e. The number of nitrogens with one attached hydrogen (secondary N) is 3. The summed E-state index contributed by atoms with van der Waals surface area (Å²) in [7, 11) is -6.12. The molecule has 0 spiro atoms. The van der Waals surface area contributed by atoms with Gasteiger partial charge in [-0.3, -0.25) is 39.7 Å². The first-order valence-electron chi connectivity index (χ1n) is 42.5. The summed E-state index contributed by atoms with van der Waals surface area (Å²) in [5.41, 5.74) is 14.1. The third kappa shape index (κ3) is 32.2. The Morgan fingerprint density at radius 1 is 0.500 bits per heavy atom. The Kier molecular flexibility index (Phi) is 41.0. The second-order valence-corrected chi connectivity index (χ2v) is 40.7. The zero-order valence-corrected chi connectivity index (χ0v) is 80.1. The number of ether oxygens (including phenoxy) is 4. The fourth-order valence-corrected chi connectivity index (χ4v) is 20.1. The number of pyridine rings is 7. The van der Waals surface area contributed by atoms with Gasteiger partial charge in [-0.2, -0.15) is 52.5 Å². The summed E-state index contributed by atoms with van der Waals surface area (Å²) >= 11 is 12.6. The predicted octanol–water partition coefficient (Wildman–Crippen LogP) is 7.09. The highest BCUT2D eigenvalue weighted by molar-refractivity contribution is 8.00. The summed E-state index contributed by atoms with van der Waals surface area (Å²) in [4.78, 5) is 121. The van der Waals surface area contributed by atoms with Gasteiger partial charge in [0.25, 0.3) is 5.69 Å². The highest BCUT2D eigenvalue weighted by atomic mass is 35.5. The first-order valence-corrected chi connectivity index (χ1v) is 51.2. The smallest absolute Gasteiger partial charge is 0.414 e. The van der Waals surface area contributed by atoms with Crippen LogP contribution in [0.3, 0.4) is 0 Å². The van der Waals surface area contributed by atoms with Crippen molar-refractivity contribution in [3.8, 4) is 0 Å². The maximum atomic E-state index is 14.5. The number of aromatic nitrogens is 7. The molecule has 0 radical (unpaired) electrons. The lowest BCUT2D eigenvalue weighted by Crippen LogP contribution is -2.73. The van der Waals surface area contributed by atoms with E-state index in [1.54, 1.807) is 9.80 Å². The van der Waals surface area contributed by atoms with E-state index in [1.807, 2.05) is 97.0 Å². The first kappa shape index (κ1) is 108. The number of carbonyl (C=O) groups excluding carboxylic acids is 6. The van der Waals surface area contributed by atoms with Crippen molar-refractivity contribution < 1.29 is 116 Å². The third-order valence-corrected chi connectivity index (χ3v) is 28.3. The molecule has 9 aliphatic heterocycles. The summed E-state index contributed by atoms with van der Waals surface area (Å²) in [6.45, 7) is 11.2. The summed E-state index contributed by atoms with van der Waals surface area (Å²) in [5.74, 6) is 4.93. The van der Waals surface area contributed by atoms with E-state index in [9.17, 15) is 86.5 Å². The second-order valence-electron chi connectivity index (χ2n) is 30.8. The molecule has 3 atom stereocenters. The number of rotatable bonds is 19. The molecule has 138 heavy (non-hydrogen) atoms. The molecule has 748 valence electrons. The summed E-state index contributed by atoms with van der Waals surface area (Å²) in [5, 5.41) is 26.3. The van der Waals surface area contributed by atoms with Gasteiger partial charge in [-0.05, 0) is 5.56 Å². The first-order chi connectivity index (χ1) is 65.6. The van der Waals surface area contributed by atoms with Crippen molar-refractivity contribution in [2.45, 2.75) is 38.8 Å². The predicted molar refractivity (Wildman–Crippen MR) is 512 cm³/mol. The Morgan fingerprint density at radius 2 is 0.848 bits per heavy atom. The fraction of sp³-hybridized carbons (Fsp3) is 0.434. The van der Waals surface area contributed by atoms with Gasteiger partial charge in [0.05, 0.1) is 132 Å². The van der Waals surface area contributed by atoms with E-state index in [1.165, 1.54) is 96.1 Å². The molecule has 17 rings (SSSR count). The minimum atomic E-state index is -3.07. The van der Waals surface area contributed by atoms with E-state index in [4.69, 9.17) is 47.2 Å². The van der Waals surface area contributed by atoms with Gasteiger partial charge >= 0.3 is 24.4 Å². The van der Waals surface area contributed by atoms with Gasteiger partial charge < -0.3 is 75.9 Å². The molecule has 1 aromatic carbocycles. The van der Waals surface area contributed by atoms with Crippen LogP contribution in [-0.4, -0.2) is 309 Å². The topological polar surface area (TPSA) is 527 Å². The molecule has 55 heteroatoms. The van der Waals surface area contributed by atoms with Gasteiger partial charge in [0, 0.05) is 181 Å². The van der Waals surface area contributed by atoms with Crippen molar-refractivity contribution in [2.24, 2.45) is 5.73 Å². The maximum absolute atomic E-state index is 14.5. The molecule has 41 nitrogen and oxygen atoms in total. The molecule has 9 aliphatic rings. The molecule has 9 fully saturated rings. The number of halogens is 8. The van der Waals surface area contributed by atoms with E-state index < -0.39 is 102 Å². The monoisotopic (exact) mass is 2070 g/mol. The Bertz CT molecular complexity index is 5730. The molecule has 12 N–H and O–H groups in total. The Balaban J connectivity index is 0.000000169. The number of nitrogens with zero attached hydrogens (tertiary/aromatic N) is 17. The van der Waals surface area contributed by atoms with Gasteiger partial charge in [0.2, 0.25) is 11.8 Å². The molecule has 7 aromatic heterocycles. The summed E-state index contributed by atoms with van der Waals surface area (Å²) < 4.78 is 163. The number of hydrogen-bond acceptors (Lipinski definition) is 36. The number of anilines is 11. The van der Waals surface area contributed by atoms with Gasteiger partial charge in [0.1, 0.15) is 31.1 Å². The molecule has 0 saturated carbocycles. The Labute approximate surface area is 810 Å². The van der Waals surface area contributed by atoms with Crippen LogP contribution in [0.25, 0.3) is 0 Å². The third-order valence-electron chi connectivity index (χ3n) is 21.0. The van der Waals surface area contributed by atoms with Crippen LogP contribution in [0.2, 0.25) is 5.15 Å². The lowest BCUT2D eigenvalue weighted by molar-refractivity contribution is -0.826. The Hall–Kier alpha value is -11.8. The summed E-state index contributed by atoms with van der Waals surface area (Å²) in [6, 6.07) is 17.6. The van der Waals surface area contributed by atoms with Gasteiger partial charge in [-0.1, -0.05) is 41.9 Å². The zero-order chi connectivity index (χ0) is 98.5. The molecule has 9 saturated heterocycles. The minimum absolute atomic E-state index is 0. The number of hydrogen-bond donors (Lipinski definition) is 7.